The van der Waals surface area contributed by atoms with Crippen molar-refractivity contribution in [3.05, 3.63) is 17.3 Å². The summed E-state index contributed by atoms with van der Waals surface area (Å²) in [6.45, 7) is 2.04. The summed E-state index contributed by atoms with van der Waals surface area (Å²) >= 11 is 0. The van der Waals surface area contributed by atoms with Crippen molar-refractivity contribution in [1.82, 2.24) is 4.98 Å². The molecule has 1 heterocycles. The molecule has 0 unspecified atom stereocenters. The van der Waals surface area contributed by atoms with Gasteiger partial charge in [0.1, 0.15) is 5.76 Å². The largest absolute Gasteiger partial charge is 0.439 e. The summed E-state index contributed by atoms with van der Waals surface area (Å²) in [5.41, 5.74) is 1.03. The molecule has 3 heteroatoms. The highest BCUT2D eigenvalue weighted by Crippen LogP contribution is 2.35. The van der Waals surface area contributed by atoms with Gasteiger partial charge in [-0.05, 0) is 12.8 Å². The molecule has 0 saturated heterocycles. The fraction of sp³-hybridized carbons (Fsp3) is 0.636. The van der Waals surface area contributed by atoms with Crippen molar-refractivity contribution >= 4 is 6.29 Å². The molecule has 2 rings (SSSR count). The number of carbonyl (C=O) groups excluding carboxylic acids is 1. The third kappa shape index (κ3) is 1.59. The maximum atomic E-state index is 10.5. The van der Waals surface area contributed by atoms with E-state index in [4.69, 9.17) is 4.42 Å². The first-order valence-electron chi connectivity index (χ1n) is 5.30. The Morgan fingerprint density at radius 1 is 1.50 bits per heavy atom. The number of hydrogen-bond acceptors (Lipinski definition) is 3. The Hall–Kier alpha value is -1.12. The highest BCUT2D eigenvalue weighted by Gasteiger charge is 2.24. The highest BCUT2D eigenvalue weighted by atomic mass is 16.4. The molecule has 14 heavy (non-hydrogen) atoms. The second kappa shape index (κ2) is 3.95. The van der Waals surface area contributed by atoms with Gasteiger partial charge in [0.05, 0.1) is 5.69 Å². The van der Waals surface area contributed by atoms with Crippen LogP contribution in [0.25, 0.3) is 0 Å². The van der Waals surface area contributed by atoms with E-state index in [0.717, 1.165) is 17.9 Å². The topological polar surface area (TPSA) is 43.1 Å². The van der Waals surface area contributed by atoms with Crippen molar-refractivity contribution in [2.45, 2.75) is 44.9 Å². The van der Waals surface area contributed by atoms with Gasteiger partial charge >= 0.3 is 0 Å². The summed E-state index contributed by atoms with van der Waals surface area (Å²) in [4.78, 5) is 14.8. The Morgan fingerprint density at radius 3 is 2.79 bits per heavy atom. The van der Waals surface area contributed by atoms with Crippen LogP contribution in [-0.2, 0) is 6.42 Å². The average molecular weight is 193 g/mol. The standard InChI is InChI=1S/C11H15NO2/c1-2-9-11(8-5-3-4-6-8)12-10(7-13)14-9/h7-8H,2-6H2,1H3. The summed E-state index contributed by atoms with van der Waals surface area (Å²) in [5, 5.41) is 0. The van der Waals surface area contributed by atoms with Gasteiger partial charge in [0.25, 0.3) is 5.89 Å². The normalized spacial score (nSPS) is 17.5. The van der Waals surface area contributed by atoms with Crippen LogP contribution in [0.2, 0.25) is 0 Å². The number of aldehydes is 1. The molecular formula is C11H15NO2. The highest BCUT2D eigenvalue weighted by molar-refractivity contribution is 5.67. The van der Waals surface area contributed by atoms with E-state index in [0.29, 0.717) is 12.2 Å². The van der Waals surface area contributed by atoms with E-state index >= 15 is 0 Å². The maximum Gasteiger partial charge on any atom is 0.260 e. The van der Waals surface area contributed by atoms with Crippen molar-refractivity contribution < 1.29 is 9.21 Å². The summed E-state index contributed by atoms with van der Waals surface area (Å²) in [6, 6.07) is 0. The molecule has 0 bridgehead atoms. The van der Waals surface area contributed by atoms with Gasteiger partial charge in [0.15, 0.2) is 0 Å². The van der Waals surface area contributed by atoms with E-state index in [-0.39, 0.29) is 5.89 Å². The Labute approximate surface area is 83.5 Å². The Balaban J connectivity index is 2.29. The summed E-state index contributed by atoms with van der Waals surface area (Å²) in [5.74, 6) is 1.67. The molecule has 1 aromatic heterocycles. The summed E-state index contributed by atoms with van der Waals surface area (Å²) in [7, 11) is 0. The van der Waals surface area contributed by atoms with E-state index in [9.17, 15) is 4.79 Å². The second-order valence-corrected chi connectivity index (χ2v) is 3.81. The number of rotatable bonds is 3. The van der Waals surface area contributed by atoms with E-state index in [2.05, 4.69) is 4.98 Å². The molecule has 0 amide bonds. The number of hydrogen-bond donors (Lipinski definition) is 0. The molecule has 1 aliphatic rings. The van der Waals surface area contributed by atoms with Gasteiger partial charge in [-0.3, -0.25) is 4.79 Å². The first-order valence-corrected chi connectivity index (χ1v) is 5.30. The third-order valence-electron chi connectivity index (χ3n) is 2.91. The summed E-state index contributed by atoms with van der Waals surface area (Å²) < 4.78 is 5.35. The van der Waals surface area contributed by atoms with Crippen LogP contribution in [-0.4, -0.2) is 11.3 Å². The van der Waals surface area contributed by atoms with Gasteiger partial charge in [0, 0.05) is 12.3 Å². The number of oxazole rings is 1. The van der Waals surface area contributed by atoms with Gasteiger partial charge in [-0.15, -0.1) is 0 Å². The zero-order valence-corrected chi connectivity index (χ0v) is 8.45. The number of aromatic nitrogens is 1. The first kappa shape index (κ1) is 9.44. The minimum absolute atomic E-state index is 0.240. The van der Waals surface area contributed by atoms with Crippen molar-refractivity contribution in [2.75, 3.05) is 0 Å². The van der Waals surface area contributed by atoms with Crippen LogP contribution in [0.15, 0.2) is 4.42 Å². The number of aryl methyl sites for hydroxylation is 1. The molecule has 0 radical (unpaired) electrons. The van der Waals surface area contributed by atoms with Gasteiger partial charge in [0.2, 0.25) is 6.29 Å². The molecule has 1 aliphatic carbocycles. The van der Waals surface area contributed by atoms with Gasteiger partial charge in [-0.2, -0.15) is 0 Å². The minimum Gasteiger partial charge on any atom is -0.439 e. The van der Waals surface area contributed by atoms with E-state index in [1.54, 1.807) is 0 Å². The fourth-order valence-corrected chi connectivity index (χ4v) is 2.20. The van der Waals surface area contributed by atoms with Crippen molar-refractivity contribution in [3.8, 4) is 0 Å². The number of nitrogens with zero attached hydrogens (tertiary/aromatic N) is 1. The Kier molecular flexibility index (Phi) is 2.66. The Morgan fingerprint density at radius 2 is 2.21 bits per heavy atom. The van der Waals surface area contributed by atoms with Crippen LogP contribution in [0.4, 0.5) is 0 Å². The van der Waals surface area contributed by atoms with Crippen molar-refractivity contribution in [2.24, 2.45) is 0 Å². The molecule has 76 valence electrons. The van der Waals surface area contributed by atoms with Gasteiger partial charge in [-0.25, -0.2) is 4.98 Å². The van der Waals surface area contributed by atoms with Crippen molar-refractivity contribution in [3.63, 3.8) is 0 Å². The SMILES string of the molecule is CCc1oc(C=O)nc1C1CCCC1. The summed E-state index contributed by atoms with van der Waals surface area (Å²) in [6.07, 6.45) is 6.45. The lowest BCUT2D eigenvalue weighted by Crippen LogP contribution is -1.96. The first-order chi connectivity index (χ1) is 6.85. The molecular weight excluding hydrogens is 178 g/mol. The van der Waals surface area contributed by atoms with Crippen LogP contribution in [0, 0.1) is 0 Å². The second-order valence-electron chi connectivity index (χ2n) is 3.81. The molecule has 0 aliphatic heterocycles. The molecule has 0 N–H and O–H groups in total. The van der Waals surface area contributed by atoms with Crippen LogP contribution >= 0.6 is 0 Å². The lowest BCUT2D eigenvalue weighted by Gasteiger charge is -2.05. The zero-order chi connectivity index (χ0) is 9.97. The molecule has 1 saturated carbocycles. The van der Waals surface area contributed by atoms with Crippen LogP contribution in [0.3, 0.4) is 0 Å². The predicted molar refractivity (Wildman–Crippen MR) is 52.5 cm³/mol. The monoisotopic (exact) mass is 193 g/mol. The fourth-order valence-electron chi connectivity index (χ4n) is 2.20. The lowest BCUT2D eigenvalue weighted by atomic mass is 10.0. The van der Waals surface area contributed by atoms with Gasteiger partial charge < -0.3 is 4.42 Å². The maximum absolute atomic E-state index is 10.5. The van der Waals surface area contributed by atoms with Gasteiger partial charge in [-0.1, -0.05) is 19.8 Å². The predicted octanol–water partition coefficient (Wildman–Crippen LogP) is 2.71. The molecule has 0 spiro atoms. The smallest absolute Gasteiger partial charge is 0.260 e. The Bertz CT molecular complexity index is 324. The van der Waals surface area contributed by atoms with E-state index in [1.807, 2.05) is 6.92 Å². The molecule has 0 atom stereocenters. The average Bonchev–Trinajstić information content (AvgIpc) is 2.85. The number of carbonyl (C=O) groups is 1. The quantitative estimate of drug-likeness (QED) is 0.693. The minimum atomic E-state index is 0.240. The van der Waals surface area contributed by atoms with Crippen LogP contribution in [0.5, 0.6) is 0 Å². The van der Waals surface area contributed by atoms with Crippen LogP contribution < -0.4 is 0 Å². The molecule has 0 aromatic carbocycles. The molecule has 1 fully saturated rings. The van der Waals surface area contributed by atoms with Crippen LogP contribution in [0.1, 0.15) is 60.7 Å². The van der Waals surface area contributed by atoms with E-state index in [1.165, 1.54) is 25.7 Å². The van der Waals surface area contributed by atoms with E-state index < -0.39 is 0 Å². The third-order valence-corrected chi connectivity index (χ3v) is 2.91. The molecule has 3 nitrogen and oxygen atoms in total. The molecule has 1 aromatic rings. The van der Waals surface area contributed by atoms with Crippen molar-refractivity contribution in [1.29, 1.82) is 0 Å². The lowest BCUT2D eigenvalue weighted by molar-refractivity contribution is 0.109. The zero-order valence-electron chi connectivity index (χ0n) is 8.45.